The molecule has 414 valence electrons. The maximum atomic E-state index is 5.62. The Balaban J connectivity index is 0.777. The monoisotopic (exact) mass is 1170 g/mol. The number of para-hydroxylation sites is 2. The fraction of sp³-hybridized carbons (Fsp3) is 0. The number of benzene rings is 12. The molecule has 0 saturated carbocycles. The van der Waals surface area contributed by atoms with Gasteiger partial charge >= 0.3 is 0 Å². The van der Waals surface area contributed by atoms with Crippen molar-refractivity contribution >= 4 is 128 Å². The molecule has 7 aromatic heterocycles. The van der Waals surface area contributed by atoms with E-state index in [2.05, 4.69) is 287 Å². The number of hydrogen-bond donors (Lipinski definition) is 0. The number of nitrogens with zero attached hydrogens (tertiary/aromatic N) is 7. The third kappa shape index (κ3) is 7.76. The van der Waals surface area contributed by atoms with Crippen LogP contribution < -0.4 is 0 Å². The van der Waals surface area contributed by atoms with Crippen LogP contribution in [0.4, 0.5) is 0 Å². The van der Waals surface area contributed by atoms with E-state index in [-0.39, 0.29) is 0 Å². The predicted molar refractivity (Wildman–Crippen MR) is 374 cm³/mol. The lowest BCUT2D eigenvalue weighted by molar-refractivity contribution is 0.992. The molecule has 0 unspecified atom stereocenters. The van der Waals surface area contributed by atoms with Crippen LogP contribution in [-0.2, 0) is 0 Å². The molecule has 0 saturated heterocycles. The summed E-state index contributed by atoms with van der Waals surface area (Å²) >= 11 is 3.70. The third-order valence-electron chi connectivity index (χ3n) is 18.0. The average Bonchev–Trinajstić information content (AvgIpc) is 1.61. The molecule has 12 aromatic carbocycles. The molecule has 0 radical (unpaired) electrons. The minimum absolute atomic E-state index is 0.612. The maximum absolute atomic E-state index is 5.62. The number of fused-ring (bicyclic) bond motifs is 17. The highest BCUT2D eigenvalue weighted by Gasteiger charge is 2.24. The lowest BCUT2D eigenvalue weighted by Crippen LogP contribution is -2.04. The summed E-state index contributed by atoms with van der Waals surface area (Å²) in [5, 5.41) is 12.2. The molecule has 19 rings (SSSR count). The van der Waals surface area contributed by atoms with Gasteiger partial charge in [-0.3, -0.25) is 9.13 Å². The highest BCUT2D eigenvalue weighted by atomic mass is 32.1. The summed E-state index contributed by atoms with van der Waals surface area (Å²) < 4.78 is 11.9. The van der Waals surface area contributed by atoms with Gasteiger partial charge in [-0.1, -0.05) is 194 Å². The normalized spacial score (nSPS) is 12.0. The molecule has 0 bridgehead atoms. The Morgan fingerprint density at radius 2 is 0.730 bits per heavy atom. The number of hydrogen-bond acceptors (Lipinski definition) is 6. The summed E-state index contributed by atoms with van der Waals surface area (Å²) in [7, 11) is 0. The number of thiophene rings is 2. The molecule has 9 heteroatoms. The van der Waals surface area contributed by atoms with Crippen LogP contribution in [-0.4, -0.2) is 33.6 Å². The maximum Gasteiger partial charge on any atom is 0.235 e. The molecule has 19 aromatic rings. The van der Waals surface area contributed by atoms with Gasteiger partial charge in [0.1, 0.15) is 0 Å². The fourth-order valence-electron chi connectivity index (χ4n) is 13.9. The summed E-state index contributed by atoms with van der Waals surface area (Å²) in [5.74, 6) is 1.22. The van der Waals surface area contributed by atoms with Crippen molar-refractivity contribution in [2.75, 3.05) is 0 Å². The third-order valence-corrected chi connectivity index (χ3v) is 20.4. The largest absolute Gasteiger partial charge is 0.309 e. The zero-order chi connectivity index (χ0) is 58.3. The number of rotatable bonds is 8. The van der Waals surface area contributed by atoms with Crippen molar-refractivity contribution in [2.45, 2.75) is 0 Å². The SMILES string of the molecule is c1ccc(-c2ccc3c4c5sc6ccccc6c5ccc4n(-c4nc(-c5ccccc5)cc(-c5cccc(-c6ccc7c(c6)c6c8sc9ccccc9c8ccc6n7-c6nccc(-c7cccc(-n8c9ccccc9c9ccccc98)c7)n6)c5)n4)c3c2)cc1. The second-order valence-corrected chi connectivity index (χ2v) is 25.0. The van der Waals surface area contributed by atoms with Gasteiger partial charge in [0.2, 0.25) is 11.9 Å². The van der Waals surface area contributed by atoms with Gasteiger partial charge in [-0.2, -0.15) is 0 Å². The zero-order valence-corrected chi connectivity index (χ0v) is 49.2. The van der Waals surface area contributed by atoms with Crippen molar-refractivity contribution in [1.29, 1.82) is 0 Å². The Bertz CT molecular complexity index is 6070. The van der Waals surface area contributed by atoms with E-state index in [4.69, 9.17) is 19.9 Å². The van der Waals surface area contributed by atoms with Gasteiger partial charge in [-0.15, -0.1) is 22.7 Å². The lowest BCUT2D eigenvalue weighted by Gasteiger charge is -2.13. The minimum Gasteiger partial charge on any atom is -0.309 e. The molecule has 0 fully saturated rings. The minimum atomic E-state index is 0.612. The Labute approximate surface area is 517 Å². The van der Waals surface area contributed by atoms with Gasteiger partial charge < -0.3 is 4.57 Å². The Morgan fingerprint density at radius 1 is 0.247 bits per heavy atom. The van der Waals surface area contributed by atoms with Gasteiger partial charge in [-0.25, -0.2) is 19.9 Å². The van der Waals surface area contributed by atoms with E-state index in [1.54, 1.807) is 0 Å². The molecule has 0 aliphatic carbocycles. The van der Waals surface area contributed by atoms with Crippen LogP contribution in [0.25, 0.3) is 179 Å². The molecular formula is C80H47N7S2. The predicted octanol–water partition coefficient (Wildman–Crippen LogP) is 21.6. The molecule has 0 aliphatic heterocycles. The van der Waals surface area contributed by atoms with Gasteiger partial charge in [0.15, 0.2) is 0 Å². The molecule has 89 heavy (non-hydrogen) atoms. The fourth-order valence-corrected chi connectivity index (χ4v) is 16.4. The first-order valence-electron chi connectivity index (χ1n) is 29.9. The summed E-state index contributed by atoms with van der Waals surface area (Å²) in [6.45, 7) is 0. The topological polar surface area (TPSA) is 66.3 Å². The standard InChI is InChI=1S/C80H47N7S2/c1-3-17-48(18-4-1)52-33-35-62-72(46-52)87(70-39-36-60-58-27-9-13-31-73(58)88-77(60)75(62)70)80-83-65(49-19-5-2-6-20-49)47-66(84-80)53-22-15-21-50(43-53)51-34-38-69-63(45-51)76-71(40-37-61-59-28-10-14-32-74(59)89-78(61)76)86(69)79-81-42-41-64(82-79)54-23-16-24-55(44-54)85-67-29-11-7-25-56(67)57-26-8-12-30-68(57)85/h1-47H. The van der Waals surface area contributed by atoms with Gasteiger partial charge in [0, 0.05) is 101 Å². The van der Waals surface area contributed by atoms with Crippen molar-refractivity contribution in [3.8, 4) is 73.6 Å². The second-order valence-electron chi connectivity index (χ2n) is 22.9. The van der Waals surface area contributed by atoms with Crippen LogP contribution >= 0.6 is 22.7 Å². The first-order chi connectivity index (χ1) is 44.1. The van der Waals surface area contributed by atoms with Crippen molar-refractivity contribution in [3.05, 3.63) is 285 Å². The van der Waals surface area contributed by atoms with Crippen molar-refractivity contribution < 1.29 is 0 Å². The van der Waals surface area contributed by atoms with E-state index in [1.165, 1.54) is 78.3 Å². The lowest BCUT2D eigenvalue weighted by atomic mass is 9.99. The quantitative estimate of drug-likeness (QED) is 0.152. The molecular weight excluding hydrogens is 1120 g/mol. The van der Waals surface area contributed by atoms with E-state index >= 15 is 0 Å². The summed E-state index contributed by atoms with van der Waals surface area (Å²) in [6.07, 6.45) is 1.90. The van der Waals surface area contributed by atoms with Crippen LogP contribution in [0, 0.1) is 0 Å². The van der Waals surface area contributed by atoms with E-state index in [9.17, 15) is 0 Å². The van der Waals surface area contributed by atoms with Gasteiger partial charge in [-0.05, 0) is 107 Å². The molecule has 0 atom stereocenters. The van der Waals surface area contributed by atoms with Crippen molar-refractivity contribution in [3.63, 3.8) is 0 Å². The van der Waals surface area contributed by atoms with Crippen molar-refractivity contribution in [2.24, 2.45) is 0 Å². The summed E-state index contributed by atoms with van der Waals surface area (Å²) in [5.41, 5.74) is 17.6. The van der Waals surface area contributed by atoms with Crippen LogP contribution in [0.5, 0.6) is 0 Å². The summed E-state index contributed by atoms with van der Waals surface area (Å²) in [6, 6.07) is 100. The highest BCUT2D eigenvalue weighted by Crippen LogP contribution is 2.47. The molecule has 0 amide bonds. The van der Waals surface area contributed by atoms with E-state index in [0.29, 0.717) is 11.9 Å². The van der Waals surface area contributed by atoms with Gasteiger partial charge in [0.25, 0.3) is 0 Å². The van der Waals surface area contributed by atoms with Crippen LogP contribution in [0.2, 0.25) is 0 Å². The smallest absolute Gasteiger partial charge is 0.235 e. The Kier molecular flexibility index (Phi) is 11.0. The van der Waals surface area contributed by atoms with E-state index < -0.39 is 0 Å². The molecule has 0 spiro atoms. The van der Waals surface area contributed by atoms with Crippen molar-refractivity contribution in [1.82, 2.24) is 33.6 Å². The number of aromatic nitrogens is 7. The average molecular weight is 1170 g/mol. The second kappa shape index (κ2) is 19.6. The zero-order valence-electron chi connectivity index (χ0n) is 47.6. The first kappa shape index (κ1) is 49.9. The molecule has 7 heterocycles. The van der Waals surface area contributed by atoms with Gasteiger partial charge in [0.05, 0.1) is 50.2 Å². The van der Waals surface area contributed by atoms with Crippen LogP contribution in [0.15, 0.2) is 285 Å². The van der Waals surface area contributed by atoms with E-state index in [0.717, 1.165) is 89.2 Å². The molecule has 7 nitrogen and oxygen atoms in total. The van der Waals surface area contributed by atoms with Crippen LogP contribution in [0.1, 0.15) is 0 Å². The molecule has 0 aliphatic rings. The first-order valence-corrected chi connectivity index (χ1v) is 31.6. The Morgan fingerprint density at radius 3 is 1.43 bits per heavy atom. The Hall–Kier alpha value is -11.4. The highest BCUT2D eigenvalue weighted by molar-refractivity contribution is 7.27. The molecule has 0 N–H and O–H groups in total. The summed E-state index contributed by atoms with van der Waals surface area (Å²) in [4.78, 5) is 21.6. The van der Waals surface area contributed by atoms with Crippen LogP contribution in [0.3, 0.4) is 0 Å². The van der Waals surface area contributed by atoms with E-state index in [1.807, 2.05) is 34.9 Å².